The van der Waals surface area contributed by atoms with Crippen LogP contribution in [-0.4, -0.2) is 40.0 Å². The Morgan fingerprint density at radius 2 is 2.15 bits per heavy atom. The quantitative estimate of drug-likeness (QED) is 0.683. The smallest absolute Gasteiger partial charge is 0.407 e. The van der Waals surface area contributed by atoms with Gasteiger partial charge in [0.15, 0.2) is 5.82 Å². The molecule has 1 saturated carbocycles. The zero-order valence-corrected chi connectivity index (χ0v) is 15.7. The fourth-order valence-electron chi connectivity index (χ4n) is 3.09. The molecule has 0 radical (unpaired) electrons. The van der Waals surface area contributed by atoms with E-state index in [4.69, 9.17) is 9.26 Å². The monoisotopic (exact) mass is 375 g/mol. The molecule has 0 atom stereocenters. The lowest BCUT2D eigenvalue weighted by Gasteiger charge is -2.34. The van der Waals surface area contributed by atoms with Crippen LogP contribution >= 0.6 is 0 Å². The molecular formula is C18H25N5O4. The second-order valence-corrected chi connectivity index (χ2v) is 7.24. The molecule has 0 aromatic carbocycles. The van der Waals surface area contributed by atoms with Gasteiger partial charge in [0.25, 0.3) is 0 Å². The van der Waals surface area contributed by atoms with E-state index < -0.39 is 0 Å². The molecule has 0 saturated heterocycles. The van der Waals surface area contributed by atoms with Gasteiger partial charge in [-0.2, -0.15) is 5.10 Å². The van der Waals surface area contributed by atoms with Gasteiger partial charge in [0.05, 0.1) is 18.2 Å². The number of aromatic nitrogens is 3. The van der Waals surface area contributed by atoms with E-state index >= 15 is 0 Å². The zero-order chi connectivity index (χ0) is 19.4. The highest BCUT2D eigenvalue weighted by molar-refractivity contribution is 5.91. The van der Waals surface area contributed by atoms with Crippen LogP contribution in [0.1, 0.15) is 49.8 Å². The van der Waals surface area contributed by atoms with E-state index in [0.29, 0.717) is 30.0 Å². The summed E-state index contributed by atoms with van der Waals surface area (Å²) in [5.41, 5.74) is 1.73. The Morgan fingerprint density at radius 1 is 1.37 bits per heavy atom. The molecule has 9 nitrogen and oxygen atoms in total. The fraction of sp³-hybridized carbons (Fsp3) is 0.556. The molecular weight excluding hydrogens is 350 g/mol. The summed E-state index contributed by atoms with van der Waals surface area (Å²) in [5.74, 6) is 1.58. The normalized spacial score (nSPS) is 18.8. The van der Waals surface area contributed by atoms with Gasteiger partial charge >= 0.3 is 6.09 Å². The van der Waals surface area contributed by atoms with Crippen molar-refractivity contribution in [1.82, 2.24) is 20.7 Å². The third-order valence-electron chi connectivity index (χ3n) is 4.43. The predicted octanol–water partition coefficient (Wildman–Crippen LogP) is 2.52. The van der Waals surface area contributed by atoms with Gasteiger partial charge in [-0.25, -0.2) is 4.79 Å². The van der Waals surface area contributed by atoms with Gasteiger partial charge in [-0.1, -0.05) is 5.16 Å². The minimum atomic E-state index is -0.373. The Hall–Kier alpha value is -2.84. The van der Waals surface area contributed by atoms with Gasteiger partial charge in [0.2, 0.25) is 5.91 Å². The first kappa shape index (κ1) is 18.9. The van der Waals surface area contributed by atoms with Crippen molar-refractivity contribution in [3.05, 3.63) is 29.3 Å². The molecule has 2 aromatic heterocycles. The maximum absolute atomic E-state index is 12.0. The SMILES string of the molecule is Cc1cc(CC(=O)Nc2cc(C3CC(CNC(=O)OC(C)C)C3)[nH]n2)on1. The Kier molecular flexibility index (Phi) is 5.78. The Labute approximate surface area is 157 Å². The lowest BCUT2D eigenvalue weighted by atomic mass is 9.73. The molecule has 3 N–H and O–H groups in total. The minimum absolute atomic E-state index is 0.118. The highest BCUT2D eigenvalue weighted by Crippen LogP contribution is 2.40. The summed E-state index contributed by atoms with van der Waals surface area (Å²) in [5, 5.41) is 16.4. The van der Waals surface area contributed by atoms with Gasteiger partial charge in [-0.15, -0.1) is 0 Å². The third kappa shape index (κ3) is 5.32. The van der Waals surface area contributed by atoms with Gasteiger partial charge in [0.1, 0.15) is 5.76 Å². The number of hydrogen-bond donors (Lipinski definition) is 3. The van der Waals surface area contributed by atoms with Crippen LogP contribution in [0.5, 0.6) is 0 Å². The van der Waals surface area contributed by atoms with Gasteiger partial charge < -0.3 is 19.9 Å². The number of H-pyrrole nitrogens is 1. The summed E-state index contributed by atoms with van der Waals surface area (Å²) in [6.07, 6.45) is 1.53. The number of anilines is 1. The van der Waals surface area contributed by atoms with E-state index in [1.165, 1.54) is 0 Å². The Balaban J connectivity index is 1.40. The van der Waals surface area contributed by atoms with Gasteiger partial charge in [-0.05, 0) is 39.5 Å². The number of carbonyl (C=O) groups is 2. The molecule has 2 aromatic rings. The fourth-order valence-corrected chi connectivity index (χ4v) is 3.09. The second-order valence-electron chi connectivity index (χ2n) is 7.24. The number of nitrogens with one attached hydrogen (secondary N) is 3. The zero-order valence-electron chi connectivity index (χ0n) is 15.7. The molecule has 2 heterocycles. The number of nitrogens with zero attached hydrogens (tertiary/aromatic N) is 2. The number of aromatic amines is 1. The number of alkyl carbamates (subject to hydrolysis) is 1. The van der Waals surface area contributed by atoms with Gasteiger partial charge in [-0.3, -0.25) is 9.89 Å². The molecule has 1 aliphatic carbocycles. The third-order valence-corrected chi connectivity index (χ3v) is 4.43. The van der Waals surface area contributed by atoms with Crippen molar-refractivity contribution in [2.75, 3.05) is 11.9 Å². The van der Waals surface area contributed by atoms with E-state index in [9.17, 15) is 9.59 Å². The minimum Gasteiger partial charge on any atom is -0.447 e. The van der Waals surface area contributed by atoms with E-state index in [2.05, 4.69) is 26.0 Å². The van der Waals surface area contributed by atoms with E-state index in [1.807, 2.05) is 19.9 Å². The largest absolute Gasteiger partial charge is 0.447 e. The topological polar surface area (TPSA) is 122 Å². The van der Waals surface area contributed by atoms with Crippen LogP contribution in [0.15, 0.2) is 16.7 Å². The van der Waals surface area contributed by atoms with Crippen LogP contribution in [0.2, 0.25) is 0 Å². The molecule has 1 aliphatic rings. The number of aryl methyl sites for hydroxylation is 1. The highest BCUT2D eigenvalue weighted by Gasteiger charge is 2.32. The number of hydrogen-bond acceptors (Lipinski definition) is 6. The summed E-state index contributed by atoms with van der Waals surface area (Å²) in [6, 6.07) is 3.58. The maximum Gasteiger partial charge on any atom is 0.407 e. The summed E-state index contributed by atoms with van der Waals surface area (Å²) in [4.78, 5) is 23.5. The molecule has 1 fully saturated rings. The summed E-state index contributed by atoms with van der Waals surface area (Å²) < 4.78 is 10.1. The Morgan fingerprint density at radius 3 is 2.81 bits per heavy atom. The van der Waals surface area contributed by atoms with Gasteiger partial charge in [0, 0.05) is 30.3 Å². The summed E-state index contributed by atoms with van der Waals surface area (Å²) in [7, 11) is 0. The first-order valence-electron chi connectivity index (χ1n) is 9.11. The van der Waals surface area contributed by atoms with Crippen LogP contribution in [0.25, 0.3) is 0 Å². The van der Waals surface area contributed by atoms with Crippen molar-refractivity contribution in [3.63, 3.8) is 0 Å². The summed E-state index contributed by atoms with van der Waals surface area (Å²) in [6.45, 7) is 6.05. The first-order valence-corrected chi connectivity index (χ1v) is 9.11. The Bertz CT molecular complexity index is 791. The molecule has 3 rings (SSSR count). The number of amides is 2. The molecule has 9 heteroatoms. The van der Waals surface area contributed by atoms with Crippen molar-refractivity contribution in [1.29, 1.82) is 0 Å². The first-order chi connectivity index (χ1) is 12.9. The van der Waals surface area contributed by atoms with Crippen molar-refractivity contribution in [3.8, 4) is 0 Å². The van der Waals surface area contributed by atoms with Crippen LogP contribution in [0.3, 0.4) is 0 Å². The van der Waals surface area contributed by atoms with Crippen molar-refractivity contribution in [2.45, 2.75) is 52.1 Å². The van der Waals surface area contributed by atoms with Crippen molar-refractivity contribution >= 4 is 17.8 Å². The number of carbonyl (C=O) groups excluding carboxylic acids is 2. The highest BCUT2D eigenvalue weighted by atomic mass is 16.6. The van der Waals surface area contributed by atoms with Crippen LogP contribution in [0, 0.1) is 12.8 Å². The number of rotatable bonds is 7. The maximum atomic E-state index is 12.0. The van der Waals surface area contributed by atoms with Crippen molar-refractivity contribution in [2.24, 2.45) is 5.92 Å². The molecule has 2 amide bonds. The van der Waals surface area contributed by atoms with Crippen LogP contribution in [0.4, 0.5) is 10.6 Å². The molecule has 0 aliphatic heterocycles. The van der Waals surface area contributed by atoms with Crippen LogP contribution < -0.4 is 10.6 Å². The van der Waals surface area contributed by atoms with E-state index in [1.54, 1.807) is 13.0 Å². The lowest BCUT2D eigenvalue weighted by Crippen LogP contribution is -2.36. The molecule has 27 heavy (non-hydrogen) atoms. The molecule has 0 spiro atoms. The molecule has 0 bridgehead atoms. The van der Waals surface area contributed by atoms with E-state index in [-0.39, 0.29) is 24.5 Å². The predicted molar refractivity (Wildman–Crippen MR) is 97.2 cm³/mol. The number of ether oxygens (including phenoxy) is 1. The van der Waals surface area contributed by atoms with Crippen LogP contribution in [-0.2, 0) is 16.0 Å². The van der Waals surface area contributed by atoms with E-state index in [0.717, 1.165) is 24.2 Å². The summed E-state index contributed by atoms with van der Waals surface area (Å²) >= 11 is 0. The standard InChI is InChI=1S/C18H25N5O4/c1-10(2)26-18(25)19-9-12-5-13(6-12)15-8-16(22-21-15)20-17(24)7-14-4-11(3)23-27-14/h4,8,10,12-13H,5-7,9H2,1-3H3,(H,19,25)(H2,20,21,22,24). The molecule has 146 valence electrons. The average Bonchev–Trinajstić information content (AvgIpc) is 3.14. The average molecular weight is 375 g/mol. The lowest BCUT2D eigenvalue weighted by molar-refractivity contribution is -0.115. The molecule has 0 unspecified atom stereocenters. The van der Waals surface area contributed by atoms with Crippen molar-refractivity contribution < 1.29 is 18.8 Å². The second kappa shape index (κ2) is 8.24.